The molecule has 2 aromatic rings. The first-order chi connectivity index (χ1) is 17.4. The molecule has 0 spiro atoms. The van der Waals surface area contributed by atoms with Gasteiger partial charge in [-0.3, -0.25) is 14.4 Å². The summed E-state index contributed by atoms with van der Waals surface area (Å²) in [5.41, 5.74) is 4.82. The van der Waals surface area contributed by atoms with Crippen LogP contribution in [0.1, 0.15) is 24.0 Å². The number of nitrogens with zero attached hydrogens (tertiary/aromatic N) is 1. The maximum Gasteiger partial charge on any atom is 0.230 e. The van der Waals surface area contributed by atoms with E-state index in [-0.39, 0.29) is 36.1 Å². The van der Waals surface area contributed by atoms with Crippen LogP contribution in [-0.4, -0.2) is 63.7 Å². The number of phenols is 1. The van der Waals surface area contributed by atoms with E-state index >= 15 is 0 Å². The lowest BCUT2D eigenvalue weighted by Crippen LogP contribution is -2.66. The van der Waals surface area contributed by atoms with Gasteiger partial charge < -0.3 is 31.1 Å². The number of nitrogens with two attached hydrogens (primary N) is 1. The van der Waals surface area contributed by atoms with Gasteiger partial charge in [0, 0.05) is 41.9 Å². The summed E-state index contributed by atoms with van der Waals surface area (Å²) < 4.78 is 0. The van der Waals surface area contributed by atoms with Crippen LogP contribution >= 0.6 is 11.6 Å². The lowest BCUT2D eigenvalue weighted by atomic mass is 9.56. The maximum atomic E-state index is 13.7. The Morgan fingerprint density at radius 1 is 1.16 bits per heavy atom. The SMILES string of the molecule is CN(C)c1cc(-c2cccc(Cl)c2)c(O)c2c1C[C@H]1C[C@H]3CC(O)C(C(N)=O)C(=O)[C@@]3(O)C(=O)C1=C2O. The number of phenolic OH excluding ortho intramolecular Hbond substituents is 1. The number of primary amides is 1. The molecule has 0 saturated heterocycles. The molecule has 2 aromatic carbocycles. The van der Waals surface area contributed by atoms with E-state index in [0.29, 0.717) is 27.4 Å². The Balaban J connectivity index is 1.72. The van der Waals surface area contributed by atoms with E-state index in [4.69, 9.17) is 17.3 Å². The predicted octanol–water partition coefficient (Wildman–Crippen LogP) is 1.98. The number of fused-ring (bicyclic) bond motifs is 3. The number of Topliss-reactive ketones (excluding diaryl/α,β-unsaturated/α-hetero) is 2. The van der Waals surface area contributed by atoms with Crippen molar-refractivity contribution < 1.29 is 34.8 Å². The summed E-state index contributed by atoms with van der Waals surface area (Å²) in [6.07, 6.45) is -1.23. The Morgan fingerprint density at radius 2 is 1.86 bits per heavy atom. The third kappa shape index (κ3) is 3.56. The molecule has 0 bridgehead atoms. The van der Waals surface area contributed by atoms with Crippen LogP contribution in [0.2, 0.25) is 5.02 Å². The first-order valence-corrected chi connectivity index (χ1v) is 12.3. The van der Waals surface area contributed by atoms with Gasteiger partial charge >= 0.3 is 0 Å². The molecule has 2 saturated carbocycles. The molecule has 6 N–H and O–H groups in total. The van der Waals surface area contributed by atoms with Crippen LogP contribution < -0.4 is 10.6 Å². The fourth-order valence-corrected chi connectivity index (χ4v) is 6.44. The molecular formula is C27H27ClN2O7. The van der Waals surface area contributed by atoms with Gasteiger partial charge in [-0.05, 0) is 54.5 Å². The van der Waals surface area contributed by atoms with Gasteiger partial charge in [0.15, 0.2) is 11.4 Å². The summed E-state index contributed by atoms with van der Waals surface area (Å²) in [6, 6.07) is 8.60. The zero-order chi connectivity index (χ0) is 27.0. The molecule has 3 aliphatic carbocycles. The van der Waals surface area contributed by atoms with Gasteiger partial charge in [-0.25, -0.2) is 0 Å². The number of amides is 1. The van der Waals surface area contributed by atoms with Crippen LogP contribution in [0.25, 0.3) is 16.9 Å². The minimum Gasteiger partial charge on any atom is -0.507 e. The van der Waals surface area contributed by atoms with Gasteiger partial charge in [0.05, 0.1) is 11.7 Å². The molecule has 5 atom stereocenters. The number of carbonyl (C=O) groups is 3. The van der Waals surface area contributed by atoms with Crippen LogP contribution in [0.5, 0.6) is 5.75 Å². The first kappa shape index (κ1) is 25.3. The first-order valence-electron chi connectivity index (χ1n) is 11.9. The number of ketones is 2. The standard InChI is InChI=1S/C27H27ClN2O7/c1-30(2)17-10-15(11-4-3-5-14(28)7-11)22(32)20-16(17)8-12-6-13-9-18(31)21(26(29)36)25(35)27(13,37)24(34)19(12)23(20)33/h3-5,7,10,12-13,18,21,31-33,37H,6,8-9H2,1-2H3,(H2,29,36)/t12-,13+,18?,21?,27+/m1/s1. The van der Waals surface area contributed by atoms with Crippen molar-refractivity contribution in [3.05, 3.63) is 52.1 Å². The molecule has 0 heterocycles. The average molecular weight is 527 g/mol. The molecule has 9 nitrogen and oxygen atoms in total. The molecule has 2 unspecified atom stereocenters. The summed E-state index contributed by atoms with van der Waals surface area (Å²) in [7, 11) is 3.63. The van der Waals surface area contributed by atoms with Gasteiger partial charge in [-0.15, -0.1) is 0 Å². The highest BCUT2D eigenvalue weighted by molar-refractivity contribution is 6.31. The fraction of sp³-hybridized carbons (Fsp3) is 0.370. The number of aliphatic hydroxyl groups excluding tert-OH is 2. The quantitative estimate of drug-likeness (QED) is 0.379. The molecular weight excluding hydrogens is 500 g/mol. The number of benzene rings is 2. The van der Waals surface area contributed by atoms with Gasteiger partial charge in [0.2, 0.25) is 11.7 Å². The Hall–Kier alpha value is -3.40. The molecule has 10 heteroatoms. The predicted molar refractivity (Wildman–Crippen MR) is 136 cm³/mol. The van der Waals surface area contributed by atoms with Crippen LogP contribution in [0.3, 0.4) is 0 Å². The molecule has 194 valence electrons. The van der Waals surface area contributed by atoms with Gasteiger partial charge in [-0.2, -0.15) is 0 Å². The Kier molecular flexibility index (Phi) is 5.86. The van der Waals surface area contributed by atoms with E-state index in [1.54, 1.807) is 30.3 Å². The molecule has 37 heavy (non-hydrogen) atoms. The normalized spacial score (nSPS) is 28.9. The molecule has 0 aliphatic heterocycles. The van der Waals surface area contributed by atoms with Crippen molar-refractivity contribution >= 4 is 40.5 Å². The highest BCUT2D eigenvalue weighted by Crippen LogP contribution is 2.54. The lowest BCUT2D eigenvalue weighted by Gasteiger charge is -2.48. The second-order valence-corrected chi connectivity index (χ2v) is 10.7. The van der Waals surface area contributed by atoms with Crippen molar-refractivity contribution in [2.45, 2.75) is 31.0 Å². The second-order valence-electron chi connectivity index (χ2n) is 10.3. The molecule has 2 fully saturated rings. The zero-order valence-electron chi connectivity index (χ0n) is 20.2. The van der Waals surface area contributed by atoms with E-state index in [1.807, 2.05) is 19.0 Å². The van der Waals surface area contributed by atoms with Crippen molar-refractivity contribution in [1.29, 1.82) is 0 Å². The van der Waals surface area contributed by atoms with Gasteiger partial charge in [0.1, 0.15) is 17.4 Å². The Labute approximate surface area is 217 Å². The van der Waals surface area contributed by atoms with Crippen molar-refractivity contribution in [2.75, 3.05) is 19.0 Å². The summed E-state index contributed by atoms with van der Waals surface area (Å²) >= 11 is 6.16. The zero-order valence-corrected chi connectivity index (χ0v) is 21.0. The smallest absolute Gasteiger partial charge is 0.230 e. The minimum atomic E-state index is -2.61. The number of carbonyl (C=O) groups excluding carboxylic acids is 3. The summed E-state index contributed by atoms with van der Waals surface area (Å²) in [5.74, 6) is -7.39. The van der Waals surface area contributed by atoms with Crippen LogP contribution in [-0.2, 0) is 20.8 Å². The Morgan fingerprint density at radius 3 is 2.49 bits per heavy atom. The van der Waals surface area contributed by atoms with Crippen LogP contribution in [0.15, 0.2) is 35.9 Å². The van der Waals surface area contributed by atoms with E-state index in [9.17, 15) is 34.8 Å². The maximum absolute atomic E-state index is 13.7. The van der Waals surface area contributed by atoms with Gasteiger partial charge in [0.25, 0.3) is 0 Å². The topological polar surface area (TPSA) is 161 Å². The third-order valence-electron chi connectivity index (χ3n) is 7.98. The number of rotatable bonds is 3. The summed E-state index contributed by atoms with van der Waals surface area (Å²) in [6.45, 7) is 0. The summed E-state index contributed by atoms with van der Waals surface area (Å²) in [5, 5.41) is 45.0. The van der Waals surface area contributed by atoms with E-state index < -0.39 is 52.7 Å². The van der Waals surface area contributed by atoms with E-state index in [2.05, 4.69) is 0 Å². The summed E-state index contributed by atoms with van der Waals surface area (Å²) in [4.78, 5) is 40.6. The molecule has 1 amide bonds. The lowest BCUT2D eigenvalue weighted by molar-refractivity contribution is -0.174. The largest absolute Gasteiger partial charge is 0.507 e. The third-order valence-corrected chi connectivity index (χ3v) is 8.21. The van der Waals surface area contributed by atoms with E-state index in [1.165, 1.54) is 0 Å². The number of hydrogen-bond acceptors (Lipinski definition) is 8. The number of hydrogen-bond donors (Lipinski definition) is 5. The fourth-order valence-electron chi connectivity index (χ4n) is 6.25. The number of aliphatic hydroxyl groups is 3. The number of halogens is 1. The van der Waals surface area contributed by atoms with Crippen LogP contribution in [0.4, 0.5) is 5.69 Å². The number of anilines is 1. The van der Waals surface area contributed by atoms with Crippen molar-refractivity contribution in [1.82, 2.24) is 0 Å². The average Bonchev–Trinajstić information content (AvgIpc) is 2.81. The van der Waals surface area contributed by atoms with Crippen molar-refractivity contribution in [3.63, 3.8) is 0 Å². The molecule has 5 rings (SSSR count). The second kappa shape index (κ2) is 8.58. The molecule has 3 aliphatic rings. The number of aromatic hydroxyl groups is 1. The minimum absolute atomic E-state index is 0.0394. The molecule has 0 aromatic heterocycles. The monoisotopic (exact) mass is 526 g/mol. The van der Waals surface area contributed by atoms with Crippen molar-refractivity contribution in [2.24, 2.45) is 23.5 Å². The van der Waals surface area contributed by atoms with Crippen molar-refractivity contribution in [3.8, 4) is 16.9 Å². The Bertz CT molecular complexity index is 1400. The highest BCUT2D eigenvalue weighted by Gasteiger charge is 2.64. The molecule has 0 radical (unpaired) electrons. The van der Waals surface area contributed by atoms with Crippen LogP contribution in [0, 0.1) is 17.8 Å². The van der Waals surface area contributed by atoms with E-state index in [0.717, 1.165) is 0 Å². The highest BCUT2D eigenvalue weighted by atomic mass is 35.5. The van der Waals surface area contributed by atoms with Gasteiger partial charge in [-0.1, -0.05) is 23.7 Å².